The molecule has 0 saturated carbocycles. The van der Waals surface area contributed by atoms with Gasteiger partial charge in [0.1, 0.15) is 0 Å². The molecule has 0 atom stereocenters. The van der Waals surface area contributed by atoms with Crippen LogP contribution in [-0.4, -0.2) is 72.3 Å². The second-order valence-electron chi connectivity index (χ2n) is 4.78. The lowest BCUT2D eigenvalue weighted by molar-refractivity contribution is 0.122. The van der Waals surface area contributed by atoms with Crippen LogP contribution in [0.15, 0.2) is 0 Å². The lowest BCUT2D eigenvalue weighted by Gasteiger charge is -2.26. The van der Waals surface area contributed by atoms with Crippen LogP contribution in [0.3, 0.4) is 0 Å². The number of morpholine rings is 1. The van der Waals surface area contributed by atoms with Gasteiger partial charge in [-0.05, 0) is 24.7 Å². The maximum Gasteiger partial charge on any atom is 0.231 e. The maximum absolute atomic E-state index is 5.99. The summed E-state index contributed by atoms with van der Waals surface area (Å²) >= 11 is 5.99. The summed E-state index contributed by atoms with van der Waals surface area (Å²) in [6, 6.07) is 0. The Hall–Kier alpha value is -1.18. The van der Waals surface area contributed by atoms with Crippen LogP contribution in [-0.2, 0) is 4.74 Å². The number of rotatable bonds is 7. The average Bonchev–Trinajstić information content (AvgIpc) is 2.52. The van der Waals surface area contributed by atoms with Crippen LogP contribution in [0.4, 0.5) is 11.9 Å². The summed E-state index contributed by atoms with van der Waals surface area (Å²) in [5.74, 6) is 1.15. The molecule has 0 aromatic carbocycles. The standard InChI is InChI=1S/C13H23ClN6O/c1-3-19(4-2)6-5-15-12-16-11(14)17-13(18-12)20-7-9-21-10-8-20/h3-10H2,1-2H3,(H,15,16,17,18). The third kappa shape index (κ3) is 4.94. The van der Waals surface area contributed by atoms with Crippen molar-refractivity contribution in [1.82, 2.24) is 19.9 Å². The Labute approximate surface area is 130 Å². The molecule has 1 aromatic rings. The summed E-state index contributed by atoms with van der Waals surface area (Å²) in [6.07, 6.45) is 0. The van der Waals surface area contributed by atoms with Gasteiger partial charge in [0.05, 0.1) is 13.2 Å². The van der Waals surface area contributed by atoms with E-state index in [0.29, 0.717) is 25.1 Å². The predicted molar refractivity (Wildman–Crippen MR) is 84.1 cm³/mol. The molecule has 0 unspecified atom stereocenters. The van der Waals surface area contributed by atoms with Gasteiger partial charge < -0.3 is 19.9 Å². The van der Waals surface area contributed by atoms with Gasteiger partial charge >= 0.3 is 0 Å². The van der Waals surface area contributed by atoms with E-state index in [1.54, 1.807) is 0 Å². The Morgan fingerprint density at radius 3 is 2.57 bits per heavy atom. The van der Waals surface area contributed by atoms with Crippen molar-refractivity contribution in [3.63, 3.8) is 0 Å². The minimum atomic E-state index is 0.219. The third-order valence-electron chi connectivity index (χ3n) is 3.50. The van der Waals surface area contributed by atoms with Crippen LogP contribution in [0.2, 0.25) is 5.28 Å². The molecule has 0 bridgehead atoms. The highest BCUT2D eigenvalue weighted by molar-refractivity contribution is 6.28. The Morgan fingerprint density at radius 1 is 1.19 bits per heavy atom. The molecule has 1 fully saturated rings. The van der Waals surface area contributed by atoms with Crippen LogP contribution in [0.5, 0.6) is 0 Å². The van der Waals surface area contributed by atoms with Gasteiger partial charge in [0.15, 0.2) is 0 Å². The zero-order chi connectivity index (χ0) is 15.1. The number of anilines is 2. The fourth-order valence-corrected chi connectivity index (χ4v) is 2.34. The fraction of sp³-hybridized carbons (Fsp3) is 0.769. The van der Waals surface area contributed by atoms with E-state index < -0.39 is 0 Å². The van der Waals surface area contributed by atoms with E-state index in [4.69, 9.17) is 16.3 Å². The highest BCUT2D eigenvalue weighted by Crippen LogP contribution is 2.14. The minimum Gasteiger partial charge on any atom is -0.378 e. The number of ether oxygens (including phenoxy) is 1. The van der Waals surface area contributed by atoms with Crippen LogP contribution < -0.4 is 10.2 Å². The van der Waals surface area contributed by atoms with Crippen molar-refractivity contribution in [2.75, 3.05) is 62.7 Å². The molecule has 8 heteroatoms. The summed E-state index contributed by atoms with van der Waals surface area (Å²) in [5.41, 5.74) is 0. The summed E-state index contributed by atoms with van der Waals surface area (Å²) < 4.78 is 5.33. The van der Waals surface area contributed by atoms with Gasteiger partial charge in [-0.2, -0.15) is 15.0 Å². The second kappa shape index (κ2) is 8.31. The Morgan fingerprint density at radius 2 is 1.90 bits per heavy atom. The van der Waals surface area contributed by atoms with Crippen LogP contribution in [0, 0.1) is 0 Å². The van der Waals surface area contributed by atoms with Gasteiger partial charge in [0, 0.05) is 26.2 Å². The zero-order valence-electron chi connectivity index (χ0n) is 12.7. The summed E-state index contributed by atoms with van der Waals surface area (Å²) in [6.45, 7) is 11.0. The molecule has 7 nitrogen and oxygen atoms in total. The van der Waals surface area contributed by atoms with Crippen molar-refractivity contribution in [3.8, 4) is 0 Å². The SMILES string of the molecule is CCN(CC)CCNc1nc(Cl)nc(N2CCOCC2)n1. The van der Waals surface area contributed by atoms with Crippen molar-refractivity contribution in [2.45, 2.75) is 13.8 Å². The third-order valence-corrected chi connectivity index (χ3v) is 3.66. The second-order valence-corrected chi connectivity index (χ2v) is 5.12. The van der Waals surface area contributed by atoms with Gasteiger partial charge in [-0.15, -0.1) is 0 Å². The molecule has 118 valence electrons. The van der Waals surface area contributed by atoms with E-state index in [-0.39, 0.29) is 5.28 Å². The van der Waals surface area contributed by atoms with Crippen molar-refractivity contribution in [2.24, 2.45) is 0 Å². The Balaban J connectivity index is 1.94. The first-order chi connectivity index (χ1) is 10.2. The molecular formula is C13H23ClN6O. The summed E-state index contributed by atoms with van der Waals surface area (Å²) in [5, 5.41) is 3.44. The van der Waals surface area contributed by atoms with Gasteiger partial charge in [-0.3, -0.25) is 0 Å². The molecule has 1 aliphatic rings. The molecular weight excluding hydrogens is 292 g/mol. The molecule has 1 N–H and O–H groups in total. The zero-order valence-corrected chi connectivity index (χ0v) is 13.4. The number of halogens is 1. The minimum absolute atomic E-state index is 0.219. The van der Waals surface area contributed by atoms with E-state index in [0.717, 1.165) is 39.3 Å². The molecule has 2 heterocycles. The number of aromatic nitrogens is 3. The number of nitrogens with one attached hydrogen (secondary N) is 1. The number of likely N-dealkylation sites (N-methyl/N-ethyl adjacent to an activating group) is 1. The maximum atomic E-state index is 5.99. The first-order valence-electron chi connectivity index (χ1n) is 7.43. The van der Waals surface area contributed by atoms with Crippen molar-refractivity contribution in [1.29, 1.82) is 0 Å². The Bertz CT molecular complexity index is 437. The monoisotopic (exact) mass is 314 g/mol. The van der Waals surface area contributed by atoms with Crippen LogP contribution in [0.1, 0.15) is 13.8 Å². The first-order valence-corrected chi connectivity index (χ1v) is 7.81. The van der Waals surface area contributed by atoms with E-state index in [1.165, 1.54) is 0 Å². The normalized spacial score (nSPS) is 15.5. The molecule has 21 heavy (non-hydrogen) atoms. The van der Waals surface area contributed by atoms with Crippen molar-refractivity contribution < 1.29 is 4.74 Å². The topological polar surface area (TPSA) is 66.4 Å². The summed E-state index contributed by atoms with van der Waals surface area (Å²) in [4.78, 5) is 17.2. The van der Waals surface area contributed by atoms with Crippen molar-refractivity contribution in [3.05, 3.63) is 5.28 Å². The smallest absolute Gasteiger partial charge is 0.231 e. The van der Waals surface area contributed by atoms with Gasteiger partial charge in [-0.1, -0.05) is 13.8 Å². The molecule has 2 rings (SSSR count). The number of hydrogen-bond donors (Lipinski definition) is 1. The predicted octanol–water partition coefficient (Wildman–Crippen LogP) is 1.12. The van der Waals surface area contributed by atoms with E-state index in [1.807, 2.05) is 0 Å². The molecule has 0 spiro atoms. The number of nitrogens with zero attached hydrogens (tertiary/aromatic N) is 5. The number of hydrogen-bond acceptors (Lipinski definition) is 7. The molecule has 1 aliphatic heterocycles. The summed E-state index contributed by atoms with van der Waals surface area (Å²) in [7, 11) is 0. The van der Waals surface area contributed by atoms with E-state index >= 15 is 0 Å². The van der Waals surface area contributed by atoms with E-state index in [9.17, 15) is 0 Å². The molecule has 0 radical (unpaired) electrons. The van der Waals surface area contributed by atoms with Gasteiger partial charge in [-0.25, -0.2) is 0 Å². The highest BCUT2D eigenvalue weighted by Gasteiger charge is 2.16. The molecule has 0 aliphatic carbocycles. The lowest BCUT2D eigenvalue weighted by atomic mass is 10.4. The molecule has 1 aromatic heterocycles. The van der Waals surface area contributed by atoms with Gasteiger partial charge in [0.25, 0.3) is 0 Å². The van der Waals surface area contributed by atoms with E-state index in [2.05, 4.69) is 43.9 Å². The Kier molecular flexibility index (Phi) is 6.41. The quantitative estimate of drug-likeness (QED) is 0.808. The lowest BCUT2D eigenvalue weighted by Crippen LogP contribution is -2.37. The van der Waals surface area contributed by atoms with Crippen molar-refractivity contribution >= 4 is 23.5 Å². The molecule has 1 saturated heterocycles. The largest absolute Gasteiger partial charge is 0.378 e. The van der Waals surface area contributed by atoms with Crippen LogP contribution in [0.25, 0.3) is 0 Å². The fourth-order valence-electron chi connectivity index (χ4n) is 2.19. The average molecular weight is 315 g/mol. The highest BCUT2D eigenvalue weighted by atomic mass is 35.5. The first kappa shape index (κ1) is 16.2. The molecule has 0 amide bonds. The van der Waals surface area contributed by atoms with Gasteiger partial charge in [0.2, 0.25) is 17.2 Å². The van der Waals surface area contributed by atoms with Crippen LogP contribution >= 0.6 is 11.6 Å².